The molecule has 1 aliphatic rings. The van der Waals surface area contributed by atoms with Crippen molar-refractivity contribution < 1.29 is 40.8 Å². The van der Waals surface area contributed by atoms with E-state index in [0.717, 1.165) is 24.6 Å². The van der Waals surface area contributed by atoms with Gasteiger partial charge in [0, 0.05) is 35.6 Å². The number of carbonyl (C=O) groups is 1. The third kappa shape index (κ3) is 6.77. The molecule has 0 atom stereocenters. The quantitative estimate of drug-likeness (QED) is 0.305. The van der Waals surface area contributed by atoms with Gasteiger partial charge in [-0.1, -0.05) is 0 Å². The molecule has 4 bridgehead atoms. The largest absolute Gasteiger partial charge is 0.493 e. The predicted molar refractivity (Wildman–Crippen MR) is 127 cm³/mol. The molecule has 1 aromatic heterocycles. The van der Waals surface area contributed by atoms with Crippen LogP contribution in [0.4, 0.5) is 33.6 Å². The van der Waals surface area contributed by atoms with Crippen LogP contribution >= 0.6 is 0 Å². The Labute approximate surface area is 208 Å². The molecule has 0 radical (unpaired) electrons. The van der Waals surface area contributed by atoms with Crippen molar-refractivity contribution >= 4 is 27.6 Å². The molecule has 0 aliphatic carbocycles. The SMILES string of the molecule is C[SH](O)(Cc1cc2cc(c1)OCCCOc1cc(F)ccc1-c1nc(ncc1F)N2)=NC(=O)C(F)(F)F. The van der Waals surface area contributed by atoms with Crippen LogP contribution in [0.2, 0.25) is 0 Å². The van der Waals surface area contributed by atoms with Gasteiger partial charge in [0.1, 0.15) is 23.0 Å². The van der Waals surface area contributed by atoms with Crippen molar-refractivity contribution in [2.24, 2.45) is 4.36 Å². The topological polar surface area (TPSA) is 106 Å². The Bertz CT molecular complexity index is 1390. The van der Waals surface area contributed by atoms with E-state index in [1.807, 2.05) is 0 Å². The van der Waals surface area contributed by atoms with Crippen LogP contribution in [0.5, 0.6) is 11.5 Å². The minimum Gasteiger partial charge on any atom is -0.493 e. The van der Waals surface area contributed by atoms with Crippen LogP contribution in [0, 0.1) is 11.6 Å². The van der Waals surface area contributed by atoms with Gasteiger partial charge in [-0.25, -0.2) is 18.7 Å². The number of nitrogens with zero attached hydrogens (tertiary/aromatic N) is 3. The number of alkyl halides is 3. The molecule has 1 aliphatic heterocycles. The molecule has 0 saturated heterocycles. The van der Waals surface area contributed by atoms with E-state index in [-0.39, 0.29) is 47.7 Å². The first-order valence-electron chi connectivity index (χ1n) is 10.8. The Morgan fingerprint density at radius 3 is 2.68 bits per heavy atom. The molecule has 2 aromatic carbocycles. The van der Waals surface area contributed by atoms with E-state index in [1.165, 1.54) is 18.2 Å². The van der Waals surface area contributed by atoms with Gasteiger partial charge in [0.2, 0.25) is 5.95 Å². The molecular formula is C23H21F5N4O4S. The van der Waals surface area contributed by atoms with E-state index in [0.29, 0.717) is 17.7 Å². The molecule has 37 heavy (non-hydrogen) atoms. The van der Waals surface area contributed by atoms with Crippen LogP contribution in [0.25, 0.3) is 11.3 Å². The summed E-state index contributed by atoms with van der Waals surface area (Å²) in [6, 6.07) is 8.12. The van der Waals surface area contributed by atoms with E-state index in [4.69, 9.17) is 9.47 Å². The van der Waals surface area contributed by atoms with Crippen LogP contribution < -0.4 is 14.8 Å². The smallest absolute Gasteiger partial charge is 0.474 e. The maximum Gasteiger partial charge on any atom is 0.474 e. The number of aromatic nitrogens is 2. The van der Waals surface area contributed by atoms with Crippen LogP contribution in [-0.2, 0) is 20.7 Å². The zero-order chi connectivity index (χ0) is 26.8. The van der Waals surface area contributed by atoms with E-state index >= 15 is 0 Å². The minimum atomic E-state index is -5.20. The van der Waals surface area contributed by atoms with Crippen LogP contribution in [0.1, 0.15) is 12.0 Å². The molecule has 1 amide bonds. The maximum absolute atomic E-state index is 14.6. The average molecular weight is 545 g/mol. The fraction of sp³-hybridized carbons (Fsp3) is 0.261. The second kappa shape index (κ2) is 10.4. The van der Waals surface area contributed by atoms with E-state index in [9.17, 15) is 31.3 Å². The fourth-order valence-corrected chi connectivity index (χ4v) is 4.98. The number of nitrogens with one attached hydrogen (secondary N) is 1. The molecule has 0 spiro atoms. The number of hydrogen-bond donors (Lipinski definition) is 3. The van der Waals surface area contributed by atoms with Crippen molar-refractivity contribution in [3.05, 3.63) is 59.8 Å². The highest BCUT2D eigenvalue weighted by Crippen LogP contribution is 2.33. The zero-order valence-corrected chi connectivity index (χ0v) is 20.1. The second-order valence-corrected chi connectivity index (χ2v) is 10.9. The Morgan fingerprint density at radius 1 is 1.16 bits per heavy atom. The van der Waals surface area contributed by atoms with Gasteiger partial charge in [0.05, 0.1) is 19.4 Å². The number of thiol groups is 1. The standard InChI is InChI=1S/C23H21F5N4O4S/c1-37(34,32-21(33)23(26,27)28)12-13-7-15-10-16(8-13)35-5-2-6-36-19-9-14(24)3-4-17(19)20-18(25)11-29-22(30-15)31-20/h3-4,7-11,37H,2,5-6,12H2,1H3,(H,29,30,31)(H,32,33,34). The number of halogens is 5. The van der Waals surface area contributed by atoms with Gasteiger partial charge < -0.3 is 19.3 Å². The van der Waals surface area contributed by atoms with Crippen molar-refractivity contribution in [2.75, 3.05) is 24.8 Å². The summed E-state index contributed by atoms with van der Waals surface area (Å²) >= 11 is 0. The number of ether oxygens (including phenoxy) is 2. The van der Waals surface area contributed by atoms with E-state index in [1.54, 1.807) is 6.07 Å². The number of benzene rings is 2. The first kappa shape index (κ1) is 26.4. The molecule has 0 fully saturated rings. The normalized spacial score (nSPS) is 14.2. The molecular weight excluding hydrogens is 523 g/mol. The first-order valence-corrected chi connectivity index (χ1v) is 13.1. The highest BCUT2D eigenvalue weighted by molar-refractivity contribution is 7.98. The Morgan fingerprint density at radius 2 is 1.92 bits per heavy atom. The van der Waals surface area contributed by atoms with Crippen molar-refractivity contribution in [1.82, 2.24) is 9.97 Å². The lowest BCUT2D eigenvalue weighted by Gasteiger charge is -2.20. The summed E-state index contributed by atoms with van der Waals surface area (Å²) in [6.07, 6.45) is -2.85. The van der Waals surface area contributed by atoms with Gasteiger partial charge >= 0.3 is 12.1 Å². The number of fused-ring (bicyclic) bond motifs is 6. The van der Waals surface area contributed by atoms with Crippen LogP contribution in [0.3, 0.4) is 0 Å². The van der Waals surface area contributed by atoms with E-state index < -0.39 is 33.8 Å². The van der Waals surface area contributed by atoms with Crippen molar-refractivity contribution in [2.45, 2.75) is 18.3 Å². The third-order valence-electron chi connectivity index (χ3n) is 5.01. The lowest BCUT2D eigenvalue weighted by Crippen LogP contribution is -2.24. The monoisotopic (exact) mass is 544 g/mol. The molecule has 8 nitrogen and oxygen atoms in total. The van der Waals surface area contributed by atoms with Crippen molar-refractivity contribution in [1.29, 1.82) is 0 Å². The lowest BCUT2D eigenvalue weighted by molar-refractivity contribution is -0.169. The molecule has 198 valence electrons. The summed E-state index contributed by atoms with van der Waals surface area (Å²) in [5, 5.41) is 2.87. The first-order chi connectivity index (χ1) is 17.4. The number of amides is 1. The minimum absolute atomic E-state index is 0.0506. The summed E-state index contributed by atoms with van der Waals surface area (Å²) in [5.41, 5.74) is 0.701. The van der Waals surface area contributed by atoms with Gasteiger partial charge in [-0.2, -0.15) is 17.5 Å². The summed E-state index contributed by atoms with van der Waals surface area (Å²) in [4.78, 5) is 19.4. The number of anilines is 2. The van der Waals surface area contributed by atoms with Crippen LogP contribution in [0.15, 0.2) is 47.0 Å². The second-order valence-electron chi connectivity index (χ2n) is 8.22. The van der Waals surface area contributed by atoms with Gasteiger partial charge in [0.15, 0.2) is 5.82 Å². The number of carbonyl (C=O) groups excluding carboxylic acids is 1. The molecule has 2 N–H and O–H groups in total. The summed E-state index contributed by atoms with van der Waals surface area (Å²) in [6.45, 7) is 0.242. The molecule has 4 rings (SSSR count). The van der Waals surface area contributed by atoms with Gasteiger partial charge in [-0.3, -0.25) is 4.79 Å². The van der Waals surface area contributed by atoms with Gasteiger partial charge in [0.25, 0.3) is 0 Å². The third-order valence-corrected chi connectivity index (χ3v) is 6.59. The molecule has 0 unspecified atom stereocenters. The average Bonchev–Trinajstić information content (AvgIpc) is 2.78. The highest BCUT2D eigenvalue weighted by Gasteiger charge is 2.39. The van der Waals surface area contributed by atoms with Crippen molar-refractivity contribution in [3.63, 3.8) is 0 Å². The zero-order valence-electron chi connectivity index (χ0n) is 19.2. The highest BCUT2D eigenvalue weighted by atomic mass is 32.3. The predicted octanol–water partition coefficient (Wildman–Crippen LogP) is 5.09. The summed E-state index contributed by atoms with van der Waals surface area (Å²) in [7, 11) is -3.68. The van der Waals surface area contributed by atoms with Gasteiger partial charge in [-0.15, -0.1) is 10.1 Å². The Hall–Kier alpha value is -3.65. The molecule has 14 heteroatoms. The Balaban J connectivity index is 1.73. The maximum atomic E-state index is 14.6. The number of rotatable bonds is 2. The van der Waals surface area contributed by atoms with Gasteiger partial charge in [-0.05, 0) is 36.1 Å². The molecule has 0 saturated carbocycles. The molecule has 2 heterocycles. The number of hydrogen-bond acceptors (Lipinski definition) is 6. The summed E-state index contributed by atoms with van der Waals surface area (Å²) in [5.74, 6) is -3.74. The lowest BCUT2D eigenvalue weighted by atomic mass is 10.1. The van der Waals surface area contributed by atoms with E-state index in [2.05, 4.69) is 19.6 Å². The fourth-order valence-electron chi connectivity index (χ4n) is 3.53. The van der Waals surface area contributed by atoms with Crippen molar-refractivity contribution in [3.8, 4) is 22.8 Å². The molecule has 3 aromatic rings. The van der Waals surface area contributed by atoms with Crippen LogP contribution in [-0.4, -0.2) is 46.1 Å². The summed E-state index contributed by atoms with van der Waals surface area (Å²) < 4.78 is 91.2. The Kier molecular flexibility index (Phi) is 7.41.